The Bertz CT molecular complexity index is 730. The molecule has 1 aromatic carbocycles. The van der Waals surface area contributed by atoms with Crippen molar-refractivity contribution < 1.29 is 0 Å². The SMILES string of the molecule is Nc1cnc(Sc2nnnn2-c2ccccc2)c(Cl)c1. The van der Waals surface area contributed by atoms with Crippen LogP contribution in [0.1, 0.15) is 0 Å². The second kappa shape index (κ2) is 5.48. The molecule has 0 aliphatic carbocycles. The van der Waals surface area contributed by atoms with Crippen LogP contribution in [0.5, 0.6) is 0 Å². The van der Waals surface area contributed by atoms with Gasteiger partial charge in [-0.3, -0.25) is 0 Å². The van der Waals surface area contributed by atoms with Gasteiger partial charge in [-0.25, -0.2) is 4.98 Å². The summed E-state index contributed by atoms with van der Waals surface area (Å²) in [6.07, 6.45) is 1.55. The number of hydrogen-bond donors (Lipinski definition) is 1. The number of nitrogen functional groups attached to an aromatic ring is 1. The van der Waals surface area contributed by atoms with Crippen molar-refractivity contribution >= 4 is 29.1 Å². The third-order valence-corrected chi connectivity index (χ3v) is 3.81. The molecule has 0 aliphatic heterocycles. The molecule has 2 aromatic heterocycles. The predicted molar refractivity (Wildman–Crippen MR) is 76.9 cm³/mol. The highest BCUT2D eigenvalue weighted by atomic mass is 35.5. The molecule has 20 heavy (non-hydrogen) atoms. The highest BCUT2D eigenvalue weighted by Gasteiger charge is 2.13. The van der Waals surface area contributed by atoms with Gasteiger partial charge in [0.2, 0.25) is 5.16 Å². The fraction of sp³-hybridized carbons (Fsp3) is 0. The summed E-state index contributed by atoms with van der Waals surface area (Å²) in [6, 6.07) is 11.2. The molecular formula is C12H9ClN6S. The van der Waals surface area contributed by atoms with Crippen LogP contribution in [0.2, 0.25) is 5.02 Å². The molecule has 0 radical (unpaired) electrons. The molecule has 100 valence electrons. The van der Waals surface area contributed by atoms with Crippen LogP contribution < -0.4 is 5.73 Å². The average molecular weight is 305 g/mol. The lowest BCUT2D eigenvalue weighted by Crippen LogP contribution is -1.99. The van der Waals surface area contributed by atoms with Crippen LogP contribution in [0.25, 0.3) is 5.69 Å². The summed E-state index contributed by atoms with van der Waals surface area (Å²) in [5.41, 5.74) is 7.00. The van der Waals surface area contributed by atoms with Gasteiger partial charge in [0.15, 0.2) is 0 Å². The number of rotatable bonds is 3. The minimum absolute atomic E-state index is 0.470. The van der Waals surface area contributed by atoms with E-state index >= 15 is 0 Å². The lowest BCUT2D eigenvalue weighted by atomic mass is 10.3. The van der Waals surface area contributed by atoms with Gasteiger partial charge in [0.1, 0.15) is 5.03 Å². The second-order valence-electron chi connectivity index (χ2n) is 3.87. The Morgan fingerprint density at radius 2 is 2.00 bits per heavy atom. The van der Waals surface area contributed by atoms with E-state index < -0.39 is 0 Å². The first kappa shape index (κ1) is 12.9. The molecular weight excluding hydrogens is 296 g/mol. The van der Waals surface area contributed by atoms with Crippen LogP contribution in [0.4, 0.5) is 5.69 Å². The summed E-state index contributed by atoms with van der Waals surface area (Å²) < 4.78 is 1.62. The van der Waals surface area contributed by atoms with E-state index in [1.807, 2.05) is 30.3 Å². The Hall–Kier alpha value is -2.12. The molecule has 2 N–H and O–H groups in total. The number of nitrogens with zero attached hydrogens (tertiary/aromatic N) is 5. The van der Waals surface area contributed by atoms with E-state index in [9.17, 15) is 0 Å². The number of para-hydroxylation sites is 1. The number of aromatic nitrogens is 5. The quantitative estimate of drug-likeness (QED) is 0.800. The zero-order valence-electron chi connectivity index (χ0n) is 10.1. The van der Waals surface area contributed by atoms with Crippen LogP contribution >= 0.6 is 23.4 Å². The first-order valence-corrected chi connectivity index (χ1v) is 6.86. The van der Waals surface area contributed by atoms with Crippen molar-refractivity contribution in [2.24, 2.45) is 0 Å². The van der Waals surface area contributed by atoms with Gasteiger partial charge >= 0.3 is 0 Å². The molecule has 0 aliphatic rings. The number of halogens is 1. The fourth-order valence-electron chi connectivity index (χ4n) is 1.58. The summed E-state index contributed by atoms with van der Waals surface area (Å²) in [7, 11) is 0. The summed E-state index contributed by atoms with van der Waals surface area (Å²) >= 11 is 7.38. The smallest absolute Gasteiger partial charge is 0.220 e. The number of hydrogen-bond acceptors (Lipinski definition) is 6. The van der Waals surface area contributed by atoms with Gasteiger partial charge in [0.25, 0.3) is 0 Å². The van der Waals surface area contributed by atoms with E-state index in [1.165, 1.54) is 11.8 Å². The van der Waals surface area contributed by atoms with Crippen LogP contribution in [0, 0.1) is 0 Å². The first-order chi connectivity index (χ1) is 9.74. The first-order valence-electron chi connectivity index (χ1n) is 5.67. The summed E-state index contributed by atoms with van der Waals surface area (Å²) in [5, 5.41) is 13.3. The van der Waals surface area contributed by atoms with E-state index in [2.05, 4.69) is 20.5 Å². The van der Waals surface area contributed by atoms with E-state index in [1.54, 1.807) is 16.9 Å². The van der Waals surface area contributed by atoms with Crippen molar-refractivity contribution in [3.05, 3.63) is 47.6 Å². The monoisotopic (exact) mass is 304 g/mol. The maximum atomic E-state index is 6.10. The molecule has 0 atom stereocenters. The molecule has 8 heteroatoms. The molecule has 0 saturated carbocycles. The van der Waals surface area contributed by atoms with Gasteiger partial charge in [0.05, 0.1) is 22.6 Å². The summed E-state index contributed by atoms with van der Waals surface area (Å²) in [5.74, 6) is 0. The summed E-state index contributed by atoms with van der Waals surface area (Å²) in [4.78, 5) is 4.18. The molecule has 2 heterocycles. The molecule has 0 fully saturated rings. The molecule has 0 bridgehead atoms. The van der Waals surface area contributed by atoms with Crippen LogP contribution in [-0.2, 0) is 0 Å². The van der Waals surface area contributed by atoms with Gasteiger partial charge in [-0.05, 0) is 40.4 Å². The van der Waals surface area contributed by atoms with Crippen molar-refractivity contribution in [3.8, 4) is 5.69 Å². The topological polar surface area (TPSA) is 82.5 Å². The van der Waals surface area contributed by atoms with Gasteiger partial charge < -0.3 is 5.73 Å². The lowest BCUT2D eigenvalue weighted by Gasteiger charge is -2.05. The van der Waals surface area contributed by atoms with E-state index in [0.717, 1.165) is 5.69 Å². The predicted octanol–water partition coefficient (Wildman–Crippen LogP) is 2.44. The van der Waals surface area contributed by atoms with E-state index in [4.69, 9.17) is 17.3 Å². The lowest BCUT2D eigenvalue weighted by molar-refractivity contribution is 0.756. The summed E-state index contributed by atoms with van der Waals surface area (Å²) in [6.45, 7) is 0. The maximum Gasteiger partial charge on any atom is 0.220 e. The molecule has 3 rings (SSSR count). The normalized spacial score (nSPS) is 10.7. The number of nitrogens with two attached hydrogens (primary N) is 1. The van der Waals surface area contributed by atoms with Crippen molar-refractivity contribution in [1.82, 2.24) is 25.2 Å². The minimum atomic E-state index is 0.470. The number of anilines is 1. The molecule has 0 amide bonds. The number of pyridine rings is 1. The number of benzene rings is 1. The Morgan fingerprint density at radius 1 is 1.20 bits per heavy atom. The highest BCUT2D eigenvalue weighted by molar-refractivity contribution is 7.99. The van der Waals surface area contributed by atoms with Crippen LogP contribution in [0.15, 0.2) is 52.8 Å². The van der Waals surface area contributed by atoms with Crippen LogP contribution in [-0.4, -0.2) is 25.2 Å². The highest BCUT2D eigenvalue weighted by Crippen LogP contribution is 2.31. The van der Waals surface area contributed by atoms with Gasteiger partial charge in [-0.2, -0.15) is 4.68 Å². The van der Waals surface area contributed by atoms with Crippen molar-refractivity contribution in [2.45, 2.75) is 10.2 Å². The van der Waals surface area contributed by atoms with E-state index in [-0.39, 0.29) is 0 Å². The van der Waals surface area contributed by atoms with Gasteiger partial charge in [-0.1, -0.05) is 29.8 Å². The van der Waals surface area contributed by atoms with Gasteiger partial charge in [-0.15, -0.1) is 5.10 Å². The Kier molecular flexibility index (Phi) is 3.53. The third kappa shape index (κ3) is 2.59. The molecule has 0 unspecified atom stereocenters. The Morgan fingerprint density at radius 3 is 2.75 bits per heavy atom. The largest absolute Gasteiger partial charge is 0.397 e. The molecule has 6 nitrogen and oxygen atoms in total. The molecule has 0 spiro atoms. The van der Waals surface area contributed by atoms with Crippen LogP contribution in [0.3, 0.4) is 0 Å². The maximum absolute atomic E-state index is 6.10. The van der Waals surface area contributed by atoms with Crippen molar-refractivity contribution in [2.75, 3.05) is 5.73 Å². The number of tetrazole rings is 1. The minimum Gasteiger partial charge on any atom is -0.397 e. The van der Waals surface area contributed by atoms with Crippen molar-refractivity contribution in [1.29, 1.82) is 0 Å². The van der Waals surface area contributed by atoms with Crippen molar-refractivity contribution in [3.63, 3.8) is 0 Å². The Labute approximate surface area is 124 Å². The second-order valence-corrected chi connectivity index (χ2v) is 5.23. The molecule has 3 aromatic rings. The average Bonchev–Trinajstić information content (AvgIpc) is 2.91. The zero-order valence-corrected chi connectivity index (χ0v) is 11.7. The zero-order chi connectivity index (χ0) is 13.9. The third-order valence-electron chi connectivity index (χ3n) is 2.46. The Balaban J connectivity index is 1.95. The standard InChI is InChI=1S/C12H9ClN6S/c13-10-6-8(14)7-15-11(10)20-12-16-17-18-19(12)9-4-2-1-3-5-9/h1-7H,14H2. The van der Waals surface area contributed by atoms with E-state index in [0.29, 0.717) is 20.9 Å². The fourth-order valence-corrected chi connectivity index (χ4v) is 2.61. The van der Waals surface area contributed by atoms with Gasteiger partial charge in [0, 0.05) is 0 Å². The molecule has 0 saturated heterocycles.